The van der Waals surface area contributed by atoms with Gasteiger partial charge in [-0.3, -0.25) is 14.2 Å². The fourth-order valence-electron chi connectivity index (χ4n) is 3.92. The van der Waals surface area contributed by atoms with Gasteiger partial charge in [0, 0.05) is 59.0 Å². The molecule has 6 heteroatoms. The number of aryl methyl sites for hydroxylation is 2. The molecule has 4 aromatic heterocycles. The minimum absolute atomic E-state index is 0.0604. The maximum Gasteiger partial charge on any atom is 0.228 e. The van der Waals surface area contributed by atoms with Crippen molar-refractivity contribution in [1.82, 2.24) is 19.4 Å². The van der Waals surface area contributed by atoms with E-state index in [1.165, 1.54) is 5.56 Å². The first-order valence-electron chi connectivity index (χ1n) is 10.7. The highest BCUT2D eigenvalue weighted by atomic mass is 16.2. The first-order chi connectivity index (χ1) is 14.6. The van der Waals surface area contributed by atoms with Gasteiger partial charge in [0.2, 0.25) is 5.91 Å². The lowest BCUT2D eigenvalue weighted by atomic mass is 10.0. The Morgan fingerprint density at radius 3 is 2.77 bits per heavy atom. The van der Waals surface area contributed by atoms with Crippen LogP contribution in [0.4, 0.5) is 5.82 Å². The molecule has 1 aliphatic rings. The van der Waals surface area contributed by atoms with Gasteiger partial charge in [0.15, 0.2) is 0 Å². The highest BCUT2D eigenvalue weighted by Gasteiger charge is 2.29. The SMILES string of the molecule is CCCCc1cc(C)c(-c2cc3cnc(NC(=O)C4CC4)cc3n3ccnc23)cn1. The van der Waals surface area contributed by atoms with E-state index in [1.54, 1.807) is 6.20 Å². The van der Waals surface area contributed by atoms with Crippen molar-refractivity contribution in [3.63, 3.8) is 0 Å². The van der Waals surface area contributed by atoms with E-state index in [0.717, 1.165) is 65.5 Å². The molecule has 1 amide bonds. The van der Waals surface area contributed by atoms with Crippen LogP contribution in [-0.2, 0) is 11.2 Å². The van der Waals surface area contributed by atoms with Crippen LogP contribution in [0.5, 0.6) is 0 Å². The summed E-state index contributed by atoms with van der Waals surface area (Å²) >= 11 is 0. The number of carbonyl (C=O) groups is 1. The number of nitrogens with one attached hydrogen (secondary N) is 1. The Morgan fingerprint density at radius 2 is 2.00 bits per heavy atom. The van der Waals surface area contributed by atoms with E-state index in [4.69, 9.17) is 4.98 Å². The summed E-state index contributed by atoms with van der Waals surface area (Å²) in [5.41, 5.74) is 6.30. The number of unbranched alkanes of at least 4 members (excludes halogenated alkanes) is 1. The number of aromatic nitrogens is 4. The second-order valence-corrected chi connectivity index (χ2v) is 8.16. The molecule has 0 radical (unpaired) electrons. The number of hydrogen-bond acceptors (Lipinski definition) is 4. The van der Waals surface area contributed by atoms with Crippen molar-refractivity contribution >= 4 is 28.3 Å². The van der Waals surface area contributed by atoms with E-state index >= 15 is 0 Å². The second-order valence-electron chi connectivity index (χ2n) is 8.16. The second kappa shape index (κ2) is 7.52. The molecule has 0 saturated heterocycles. The van der Waals surface area contributed by atoms with E-state index < -0.39 is 0 Å². The largest absolute Gasteiger partial charge is 0.310 e. The predicted octanol–water partition coefficient (Wildman–Crippen LogP) is 4.94. The molecule has 0 spiro atoms. The number of fused-ring (bicyclic) bond motifs is 3. The van der Waals surface area contributed by atoms with Crippen LogP contribution in [0, 0.1) is 12.8 Å². The van der Waals surface area contributed by atoms with Crippen molar-refractivity contribution in [2.45, 2.75) is 46.0 Å². The monoisotopic (exact) mass is 399 g/mol. The Kier molecular flexibility index (Phi) is 4.69. The number of anilines is 1. The third kappa shape index (κ3) is 3.43. The molecule has 0 aromatic carbocycles. The molecule has 0 aliphatic heterocycles. The average molecular weight is 399 g/mol. The smallest absolute Gasteiger partial charge is 0.228 e. The minimum Gasteiger partial charge on any atom is -0.310 e. The lowest BCUT2D eigenvalue weighted by molar-refractivity contribution is -0.117. The zero-order chi connectivity index (χ0) is 20.7. The lowest BCUT2D eigenvalue weighted by Gasteiger charge is -2.12. The number of hydrogen-bond donors (Lipinski definition) is 1. The van der Waals surface area contributed by atoms with Gasteiger partial charge in [-0.15, -0.1) is 0 Å². The third-order valence-corrected chi connectivity index (χ3v) is 5.80. The van der Waals surface area contributed by atoms with Crippen LogP contribution >= 0.6 is 0 Å². The average Bonchev–Trinajstić information content (AvgIpc) is 3.48. The van der Waals surface area contributed by atoms with Crippen LogP contribution in [0.3, 0.4) is 0 Å². The minimum atomic E-state index is 0.0604. The van der Waals surface area contributed by atoms with Gasteiger partial charge in [0.05, 0.1) is 5.52 Å². The van der Waals surface area contributed by atoms with Crippen LogP contribution in [-0.4, -0.2) is 25.3 Å². The van der Waals surface area contributed by atoms with Crippen molar-refractivity contribution in [2.24, 2.45) is 5.92 Å². The van der Waals surface area contributed by atoms with E-state index in [1.807, 2.05) is 24.7 Å². The predicted molar refractivity (Wildman–Crippen MR) is 118 cm³/mol. The molecule has 0 atom stereocenters. The van der Waals surface area contributed by atoms with Crippen LogP contribution in [0.2, 0.25) is 0 Å². The summed E-state index contributed by atoms with van der Waals surface area (Å²) in [6.07, 6.45) is 12.8. The van der Waals surface area contributed by atoms with Crippen molar-refractivity contribution in [3.8, 4) is 11.1 Å². The number of rotatable bonds is 6. The Morgan fingerprint density at radius 1 is 1.13 bits per heavy atom. The summed E-state index contributed by atoms with van der Waals surface area (Å²) in [5.74, 6) is 0.791. The zero-order valence-corrected chi connectivity index (χ0v) is 17.4. The first-order valence-corrected chi connectivity index (χ1v) is 10.7. The highest BCUT2D eigenvalue weighted by Crippen LogP contribution is 2.33. The maximum absolute atomic E-state index is 12.1. The van der Waals surface area contributed by atoms with Gasteiger partial charge in [-0.1, -0.05) is 13.3 Å². The number of nitrogens with zero attached hydrogens (tertiary/aromatic N) is 4. The molecule has 1 fully saturated rings. The maximum atomic E-state index is 12.1. The van der Waals surface area contributed by atoms with E-state index in [2.05, 4.69) is 45.7 Å². The Hall–Kier alpha value is -3.28. The highest BCUT2D eigenvalue weighted by molar-refractivity contribution is 5.96. The molecule has 1 aliphatic carbocycles. The molecule has 1 saturated carbocycles. The van der Waals surface area contributed by atoms with E-state index in [9.17, 15) is 4.79 Å². The summed E-state index contributed by atoms with van der Waals surface area (Å²) in [6.45, 7) is 4.33. The first kappa shape index (κ1) is 18.7. The quantitative estimate of drug-likeness (QED) is 0.498. The van der Waals surface area contributed by atoms with Gasteiger partial charge in [-0.05, 0) is 50.3 Å². The molecule has 30 heavy (non-hydrogen) atoms. The summed E-state index contributed by atoms with van der Waals surface area (Å²) in [4.78, 5) is 25.9. The molecule has 6 nitrogen and oxygen atoms in total. The molecule has 0 unspecified atom stereocenters. The molecule has 152 valence electrons. The van der Waals surface area contributed by atoms with Crippen molar-refractivity contribution in [2.75, 3.05) is 5.32 Å². The Labute approximate surface area is 175 Å². The molecule has 1 N–H and O–H groups in total. The van der Waals surface area contributed by atoms with Gasteiger partial charge in [0.1, 0.15) is 11.5 Å². The lowest BCUT2D eigenvalue weighted by Crippen LogP contribution is -2.14. The number of imidazole rings is 1. The molecule has 0 bridgehead atoms. The van der Waals surface area contributed by atoms with Gasteiger partial charge >= 0.3 is 0 Å². The number of pyridine rings is 3. The fraction of sp³-hybridized carbons (Fsp3) is 0.333. The van der Waals surface area contributed by atoms with Crippen molar-refractivity contribution < 1.29 is 4.79 Å². The Bertz CT molecular complexity index is 1260. The topological polar surface area (TPSA) is 72.2 Å². The molecular formula is C24H25N5O. The standard InChI is InChI=1S/C24H25N5O/c1-3-4-5-18-10-15(2)20(14-26-18)19-11-17-13-27-22(28-24(30)16-6-7-16)12-21(17)29-9-8-25-23(19)29/h8-14,16H,3-7H2,1-2H3,(H,27,28,30). The third-order valence-electron chi connectivity index (χ3n) is 5.80. The van der Waals surface area contributed by atoms with Crippen LogP contribution in [0.15, 0.2) is 43.0 Å². The molecule has 5 rings (SSSR count). The number of amides is 1. The zero-order valence-electron chi connectivity index (χ0n) is 17.4. The van der Waals surface area contributed by atoms with Crippen molar-refractivity contribution in [1.29, 1.82) is 0 Å². The van der Waals surface area contributed by atoms with Gasteiger partial charge < -0.3 is 5.32 Å². The molecular weight excluding hydrogens is 374 g/mol. The molecule has 4 heterocycles. The summed E-state index contributed by atoms with van der Waals surface area (Å²) in [7, 11) is 0. The van der Waals surface area contributed by atoms with Crippen molar-refractivity contribution in [3.05, 3.63) is 54.2 Å². The van der Waals surface area contributed by atoms with Crippen LogP contribution < -0.4 is 5.32 Å². The van der Waals surface area contributed by atoms with E-state index in [0.29, 0.717) is 5.82 Å². The van der Waals surface area contributed by atoms with Gasteiger partial charge in [-0.2, -0.15) is 0 Å². The van der Waals surface area contributed by atoms with Crippen LogP contribution in [0.1, 0.15) is 43.9 Å². The summed E-state index contributed by atoms with van der Waals surface area (Å²) in [5, 5.41) is 3.93. The summed E-state index contributed by atoms with van der Waals surface area (Å²) < 4.78 is 2.06. The van der Waals surface area contributed by atoms with Gasteiger partial charge in [-0.25, -0.2) is 9.97 Å². The fourth-order valence-corrected chi connectivity index (χ4v) is 3.92. The normalized spacial score (nSPS) is 13.8. The van der Waals surface area contributed by atoms with Crippen LogP contribution in [0.25, 0.3) is 27.7 Å². The Balaban J connectivity index is 1.58. The van der Waals surface area contributed by atoms with E-state index in [-0.39, 0.29) is 11.8 Å². The van der Waals surface area contributed by atoms with Gasteiger partial charge in [0.25, 0.3) is 0 Å². The summed E-state index contributed by atoms with van der Waals surface area (Å²) in [6, 6.07) is 6.23. The number of carbonyl (C=O) groups excluding carboxylic acids is 1. The molecule has 4 aromatic rings.